The molecule has 0 bridgehead atoms. The zero-order valence-corrected chi connectivity index (χ0v) is 10.5. The molecule has 0 saturated heterocycles. The molecule has 0 radical (unpaired) electrons. The number of carboxylic acids is 1. The smallest absolute Gasteiger partial charge is 0.315 e. The first-order valence-corrected chi connectivity index (χ1v) is 6.06. The molecule has 1 amide bonds. The molecule has 2 N–H and O–H groups in total. The van der Waals surface area contributed by atoms with E-state index in [1.54, 1.807) is 0 Å². The van der Waals surface area contributed by atoms with Crippen LogP contribution >= 0.6 is 0 Å². The fourth-order valence-electron chi connectivity index (χ4n) is 1.53. The number of carboxylic acid groups (broad SMARTS) is 1. The highest BCUT2D eigenvalue weighted by atomic mass is 16.4. The van der Waals surface area contributed by atoms with Crippen molar-refractivity contribution in [2.45, 2.75) is 58.9 Å². The quantitative estimate of drug-likeness (QED) is 0.627. The van der Waals surface area contributed by atoms with Gasteiger partial charge in [0.15, 0.2) is 0 Å². The SMILES string of the molecule is CCCCC(CCC)NC(=O)C(C)C(=O)O. The number of hydrogen-bond donors (Lipinski definition) is 2. The molecule has 0 rings (SSSR count). The van der Waals surface area contributed by atoms with Gasteiger partial charge >= 0.3 is 5.97 Å². The van der Waals surface area contributed by atoms with Crippen LogP contribution in [0, 0.1) is 5.92 Å². The molecule has 16 heavy (non-hydrogen) atoms. The summed E-state index contributed by atoms with van der Waals surface area (Å²) < 4.78 is 0. The monoisotopic (exact) mass is 229 g/mol. The summed E-state index contributed by atoms with van der Waals surface area (Å²) in [5, 5.41) is 11.5. The third-order valence-corrected chi connectivity index (χ3v) is 2.65. The number of unbranched alkanes of at least 4 members (excludes halogenated alkanes) is 1. The first kappa shape index (κ1) is 14.9. The zero-order chi connectivity index (χ0) is 12.6. The Morgan fingerprint density at radius 2 is 1.81 bits per heavy atom. The van der Waals surface area contributed by atoms with Gasteiger partial charge in [0, 0.05) is 6.04 Å². The molecule has 0 saturated carbocycles. The minimum Gasteiger partial charge on any atom is -0.481 e. The van der Waals surface area contributed by atoms with Crippen LogP contribution in [0.5, 0.6) is 0 Å². The lowest BCUT2D eigenvalue weighted by atomic mass is 10.0. The van der Waals surface area contributed by atoms with Crippen LogP contribution in [-0.4, -0.2) is 23.0 Å². The summed E-state index contributed by atoms with van der Waals surface area (Å²) in [6, 6.07) is 0.124. The van der Waals surface area contributed by atoms with Gasteiger partial charge in [-0.2, -0.15) is 0 Å². The molecular weight excluding hydrogens is 206 g/mol. The van der Waals surface area contributed by atoms with Crippen molar-refractivity contribution in [1.82, 2.24) is 5.32 Å². The average molecular weight is 229 g/mol. The van der Waals surface area contributed by atoms with Gasteiger partial charge in [0.2, 0.25) is 5.91 Å². The van der Waals surface area contributed by atoms with Gasteiger partial charge < -0.3 is 10.4 Å². The largest absolute Gasteiger partial charge is 0.481 e. The zero-order valence-electron chi connectivity index (χ0n) is 10.5. The van der Waals surface area contributed by atoms with E-state index in [-0.39, 0.29) is 11.9 Å². The van der Waals surface area contributed by atoms with Crippen LogP contribution in [0.25, 0.3) is 0 Å². The molecule has 0 aromatic rings. The second kappa shape index (κ2) is 8.13. The van der Waals surface area contributed by atoms with E-state index in [1.807, 2.05) is 0 Å². The van der Waals surface area contributed by atoms with Gasteiger partial charge in [-0.05, 0) is 19.8 Å². The maximum atomic E-state index is 11.5. The van der Waals surface area contributed by atoms with Crippen molar-refractivity contribution < 1.29 is 14.7 Å². The number of amides is 1. The summed E-state index contributed by atoms with van der Waals surface area (Å²) in [7, 11) is 0. The summed E-state index contributed by atoms with van der Waals surface area (Å²) in [6.07, 6.45) is 4.99. The second-order valence-corrected chi connectivity index (χ2v) is 4.20. The van der Waals surface area contributed by atoms with Crippen molar-refractivity contribution in [1.29, 1.82) is 0 Å². The van der Waals surface area contributed by atoms with Crippen LogP contribution in [0.3, 0.4) is 0 Å². The Hall–Kier alpha value is -1.06. The van der Waals surface area contributed by atoms with E-state index < -0.39 is 11.9 Å². The fourth-order valence-corrected chi connectivity index (χ4v) is 1.53. The molecule has 2 atom stereocenters. The van der Waals surface area contributed by atoms with Crippen LogP contribution in [0.1, 0.15) is 52.9 Å². The Balaban J connectivity index is 4.16. The lowest BCUT2D eigenvalue weighted by molar-refractivity contribution is -0.146. The van der Waals surface area contributed by atoms with Gasteiger partial charge in [0.1, 0.15) is 5.92 Å². The van der Waals surface area contributed by atoms with Crippen molar-refractivity contribution in [3.05, 3.63) is 0 Å². The maximum absolute atomic E-state index is 11.5. The van der Waals surface area contributed by atoms with E-state index in [0.29, 0.717) is 0 Å². The van der Waals surface area contributed by atoms with Gasteiger partial charge in [0.25, 0.3) is 0 Å². The number of hydrogen-bond acceptors (Lipinski definition) is 2. The summed E-state index contributed by atoms with van der Waals surface area (Å²) in [5.74, 6) is -2.40. The van der Waals surface area contributed by atoms with E-state index in [9.17, 15) is 9.59 Å². The minimum atomic E-state index is -1.07. The van der Waals surface area contributed by atoms with Crippen LogP contribution < -0.4 is 5.32 Å². The minimum absolute atomic E-state index is 0.124. The van der Waals surface area contributed by atoms with Crippen molar-refractivity contribution in [2.24, 2.45) is 5.92 Å². The van der Waals surface area contributed by atoms with Crippen molar-refractivity contribution in [3.63, 3.8) is 0 Å². The van der Waals surface area contributed by atoms with Crippen molar-refractivity contribution in [2.75, 3.05) is 0 Å². The van der Waals surface area contributed by atoms with Gasteiger partial charge in [-0.1, -0.05) is 33.1 Å². The van der Waals surface area contributed by atoms with Crippen molar-refractivity contribution in [3.8, 4) is 0 Å². The van der Waals surface area contributed by atoms with Crippen LogP contribution in [0.2, 0.25) is 0 Å². The lowest BCUT2D eigenvalue weighted by Crippen LogP contribution is -2.40. The Labute approximate surface area is 97.4 Å². The summed E-state index contributed by atoms with van der Waals surface area (Å²) >= 11 is 0. The van der Waals surface area contributed by atoms with Gasteiger partial charge in [0.05, 0.1) is 0 Å². The molecule has 4 heteroatoms. The molecule has 0 aliphatic carbocycles. The lowest BCUT2D eigenvalue weighted by Gasteiger charge is -2.19. The molecule has 2 unspecified atom stereocenters. The molecule has 0 heterocycles. The maximum Gasteiger partial charge on any atom is 0.315 e. The molecule has 0 fully saturated rings. The number of carbonyl (C=O) groups excluding carboxylic acids is 1. The Morgan fingerprint density at radius 1 is 1.19 bits per heavy atom. The normalized spacial score (nSPS) is 14.2. The van der Waals surface area contributed by atoms with E-state index in [4.69, 9.17) is 5.11 Å². The number of carbonyl (C=O) groups is 2. The highest BCUT2D eigenvalue weighted by Crippen LogP contribution is 2.08. The first-order valence-electron chi connectivity index (χ1n) is 6.06. The third kappa shape index (κ3) is 5.73. The summed E-state index contributed by atoms with van der Waals surface area (Å²) in [4.78, 5) is 22.2. The average Bonchev–Trinajstić information content (AvgIpc) is 2.24. The van der Waals surface area contributed by atoms with Gasteiger partial charge in [-0.15, -0.1) is 0 Å². The van der Waals surface area contributed by atoms with E-state index in [1.165, 1.54) is 6.92 Å². The number of aliphatic carboxylic acids is 1. The Morgan fingerprint density at radius 3 is 2.25 bits per heavy atom. The number of nitrogens with one attached hydrogen (secondary N) is 1. The Bertz CT molecular complexity index is 228. The predicted molar refractivity (Wildman–Crippen MR) is 63.2 cm³/mol. The van der Waals surface area contributed by atoms with Gasteiger partial charge in [-0.25, -0.2) is 0 Å². The van der Waals surface area contributed by atoms with Crippen LogP contribution in [-0.2, 0) is 9.59 Å². The molecule has 0 spiro atoms. The fraction of sp³-hybridized carbons (Fsp3) is 0.833. The predicted octanol–water partition coefficient (Wildman–Crippen LogP) is 2.18. The molecule has 0 aliphatic heterocycles. The number of rotatable bonds is 8. The van der Waals surface area contributed by atoms with Crippen molar-refractivity contribution >= 4 is 11.9 Å². The molecule has 0 aromatic heterocycles. The highest BCUT2D eigenvalue weighted by molar-refractivity contribution is 5.96. The summed E-state index contributed by atoms with van der Waals surface area (Å²) in [5.41, 5.74) is 0. The first-order chi connectivity index (χ1) is 7.52. The van der Waals surface area contributed by atoms with Crippen LogP contribution in [0.15, 0.2) is 0 Å². The Kier molecular flexibility index (Phi) is 7.60. The topological polar surface area (TPSA) is 66.4 Å². The van der Waals surface area contributed by atoms with E-state index in [2.05, 4.69) is 19.2 Å². The molecule has 94 valence electrons. The molecular formula is C12H23NO3. The third-order valence-electron chi connectivity index (χ3n) is 2.65. The van der Waals surface area contributed by atoms with E-state index >= 15 is 0 Å². The van der Waals surface area contributed by atoms with E-state index in [0.717, 1.165) is 32.1 Å². The van der Waals surface area contributed by atoms with Crippen LogP contribution in [0.4, 0.5) is 0 Å². The van der Waals surface area contributed by atoms with Gasteiger partial charge in [-0.3, -0.25) is 9.59 Å². The molecule has 0 aliphatic rings. The molecule has 0 aromatic carbocycles. The highest BCUT2D eigenvalue weighted by Gasteiger charge is 2.22. The standard InChI is InChI=1S/C12H23NO3/c1-4-6-8-10(7-5-2)13-11(14)9(3)12(15)16/h9-10H,4-8H2,1-3H3,(H,13,14)(H,15,16). The second-order valence-electron chi connectivity index (χ2n) is 4.20. The molecule has 4 nitrogen and oxygen atoms in total. The summed E-state index contributed by atoms with van der Waals surface area (Å²) in [6.45, 7) is 5.58.